The van der Waals surface area contributed by atoms with Crippen LogP contribution in [0.15, 0.2) is 24.3 Å². The highest BCUT2D eigenvalue weighted by Gasteiger charge is 2.15. The molecule has 0 radical (unpaired) electrons. The lowest BCUT2D eigenvalue weighted by molar-refractivity contribution is 0.0521. The first-order valence-electron chi connectivity index (χ1n) is 5.15. The van der Waals surface area contributed by atoms with E-state index in [4.69, 9.17) is 10.5 Å². The van der Waals surface area contributed by atoms with Crippen LogP contribution in [-0.4, -0.2) is 17.6 Å². The van der Waals surface area contributed by atoms with Gasteiger partial charge in [-0.15, -0.1) is 0 Å². The van der Waals surface area contributed by atoms with Crippen molar-refractivity contribution in [3.05, 3.63) is 35.8 Å². The van der Waals surface area contributed by atoms with Crippen LogP contribution in [0.2, 0.25) is 0 Å². The molecule has 5 heteroatoms. The highest BCUT2D eigenvalue weighted by molar-refractivity contribution is 5.97. The van der Waals surface area contributed by atoms with Gasteiger partial charge in [0.25, 0.3) is 0 Å². The van der Waals surface area contributed by atoms with Gasteiger partial charge in [-0.3, -0.25) is 0 Å². The van der Waals surface area contributed by atoms with Gasteiger partial charge in [0.1, 0.15) is 5.82 Å². The fourth-order valence-electron chi connectivity index (χ4n) is 1.54. The summed E-state index contributed by atoms with van der Waals surface area (Å²) >= 11 is 0. The molecule has 1 aromatic heterocycles. The molecule has 2 rings (SSSR count). The molecule has 0 saturated carbocycles. The Morgan fingerprint density at radius 2 is 2.29 bits per heavy atom. The van der Waals surface area contributed by atoms with Crippen LogP contribution in [0.1, 0.15) is 17.4 Å². The zero-order valence-electron chi connectivity index (χ0n) is 9.24. The Balaban J connectivity index is 2.60. The number of pyridine rings is 1. The lowest BCUT2D eigenvalue weighted by Gasteiger charge is -2.06. The van der Waals surface area contributed by atoms with E-state index in [1.807, 2.05) is 0 Å². The molecule has 2 N–H and O–H groups in total. The van der Waals surface area contributed by atoms with E-state index in [1.54, 1.807) is 13.0 Å². The largest absolute Gasteiger partial charge is 0.461 e. The van der Waals surface area contributed by atoms with Gasteiger partial charge in [-0.05, 0) is 25.1 Å². The fraction of sp³-hybridized carbons (Fsp3) is 0.167. The van der Waals surface area contributed by atoms with E-state index >= 15 is 0 Å². The zero-order valence-corrected chi connectivity index (χ0v) is 9.24. The number of carbonyl (C=O) groups is 1. The monoisotopic (exact) mass is 234 g/mol. The van der Waals surface area contributed by atoms with Crippen LogP contribution in [0, 0.1) is 5.82 Å². The summed E-state index contributed by atoms with van der Waals surface area (Å²) in [6.45, 7) is 1.93. The number of nitrogens with zero attached hydrogens (tertiary/aromatic N) is 1. The number of benzene rings is 1. The molecule has 0 saturated heterocycles. The molecule has 0 unspecified atom stereocenters. The summed E-state index contributed by atoms with van der Waals surface area (Å²) in [5.74, 6) is -1.02. The predicted molar refractivity (Wildman–Crippen MR) is 62.1 cm³/mol. The Labute approximate surface area is 97.2 Å². The van der Waals surface area contributed by atoms with Gasteiger partial charge in [-0.2, -0.15) is 0 Å². The molecule has 0 atom stereocenters. The van der Waals surface area contributed by atoms with E-state index in [0.29, 0.717) is 5.52 Å². The number of halogens is 1. The summed E-state index contributed by atoms with van der Waals surface area (Å²) < 4.78 is 18.2. The minimum Gasteiger partial charge on any atom is -0.461 e. The lowest BCUT2D eigenvalue weighted by atomic mass is 10.1. The maximum atomic E-state index is 13.4. The van der Waals surface area contributed by atoms with Crippen LogP contribution in [-0.2, 0) is 4.74 Å². The number of ether oxygens (including phenoxy) is 1. The summed E-state index contributed by atoms with van der Waals surface area (Å²) in [7, 11) is 0. The summed E-state index contributed by atoms with van der Waals surface area (Å²) in [5, 5.41) is 0.290. The van der Waals surface area contributed by atoms with Crippen LogP contribution >= 0.6 is 0 Å². The number of hydrogen-bond acceptors (Lipinski definition) is 4. The van der Waals surface area contributed by atoms with Gasteiger partial charge in [0.05, 0.1) is 17.8 Å². The summed E-state index contributed by atoms with van der Waals surface area (Å²) in [5.41, 5.74) is 6.16. The third kappa shape index (κ3) is 2.04. The molecule has 88 valence electrons. The number of rotatable bonds is 2. The molecule has 17 heavy (non-hydrogen) atoms. The molecule has 0 amide bonds. The Morgan fingerprint density at radius 1 is 1.53 bits per heavy atom. The number of esters is 1. The first-order chi connectivity index (χ1) is 8.13. The second-order valence-electron chi connectivity index (χ2n) is 3.45. The lowest BCUT2D eigenvalue weighted by Crippen LogP contribution is -2.10. The SMILES string of the molecule is CCOC(=O)c1nc2cccc(F)c2cc1N. The number of anilines is 1. The number of hydrogen-bond donors (Lipinski definition) is 1. The molecular weight excluding hydrogens is 223 g/mol. The third-order valence-corrected chi connectivity index (χ3v) is 2.30. The standard InChI is InChI=1S/C12H11FN2O2/c1-2-17-12(16)11-9(14)6-7-8(13)4-3-5-10(7)15-11/h3-6H,2,14H2,1H3. The second kappa shape index (κ2) is 4.37. The summed E-state index contributed by atoms with van der Waals surface area (Å²) in [6.07, 6.45) is 0. The van der Waals surface area contributed by atoms with Crippen molar-refractivity contribution in [2.24, 2.45) is 0 Å². The average Bonchev–Trinajstić information content (AvgIpc) is 2.30. The zero-order chi connectivity index (χ0) is 12.4. The maximum Gasteiger partial charge on any atom is 0.359 e. The van der Waals surface area contributed by atoms with E-state index in [-0.39, 0.29) is 23.4 Å². The van der Waals surface area contributed by atoms with Crippen molar-refractivity contribution < 1.29 is 13.9 Å². The summed E-state index contributed by atoms with van der Waals surface area (Å²) in [6, 6.07) is 5.84. The Bertz CT molecular complexity index is 584. The third-order valence-electron chi connectivity index (χ3n) is 2.30. The van der Waals surface area contributed by atoms with Crippen molar-refractivity contribution in [2.45, 2.75) is 6.92 Å². The van der Waals surface area contributed by atoms with Crippen LogP contribution in [0.4, 0.5) is 10.1 Å². The topological polar surface area (TPSA) is 65.2 Å². The van der Waals surface area contributed by atoms with Crippen LogP contribution < -0.4 is 5.73 Å². The number of carbonyl (C=O) groups excluding carboxylic acids is 1. The molecule has 0 aliphatic carbocycles. The molecule has 0 aliphatic heterocycles. The van der Waals surface area contributed by atoms with Gasteiger partial charge in [-0.25, -0.2) is 14.2 Å². The molecule has 0 fully saturated rings. The normalized spacial score (nSPS) is 10.5. The van der Waals surface area contributed by atoms with Crippen LogP contribution in [0.25, 0.3) is 10.9 Å². The van der Waals surface area contributed by atoms with Gasteiger partial charge < -0.3 is 10.5 Å². The Hall–Kier alpha value is -2.17. The number of aromatic nitrogens is 1. The van der Waals surface area contributed by atoms with E-state index in [0.717, 1.165) is 0 Å². The van der Waals surface area contributed by atoms with Gasteiger partial charge >= 0.3 is 5.97 Å². The fourth-order valence-corrected chi connectivity index (χ4v) is 1.54. The van der Waals surface area contributed by atoms with Crippen molar-refractivity contribution in [3.63, 3.8) is 0 Å². The average molecular weight is 234 g/mol. The van der Waals surface area contributed by atoms with Crippen molar-refractivity contribution >= 4 is 22.6 Å². The Kier molecular flexibility index (Phi) is 2.91. The van der Waals surface area contributed by atoms with Gasteiger partial charge in [0.2, 0.25) is 0 Å². The van der Waals surface area contributed by atoms with E-state index in [1.165, 1.54) is 18.2 Å². The quantitative estimate of drug-likeness (QED) is 0.808. The number of nitrogens with two attached hydrogens (primary N) is 1. The number of nitrogen functional groups attached to an aromatic ring is 1. The number of fused-ring (bicyclic) bond motifs is 1. The molecule has 1 aromatic carbocycles. The molecule has 0 aliphatic rings. The molecule has 1 heterocycles. The van der Waals surface area contributed by atoms with Crippen molar-refractivity contribution in [3.8, 4) is 0 Å². The molecular formula is C12H11FN2O2. The van der Waals surface area contributed by atoms with E-state index in [9.17, 15) is 9.18 Å². The van der Waals surface area contributed by atoms with E-state index < -0.39 is 11.8 Å². The van der Waals surface area contributed by atoms with Crippen molar-refractivity contribution in [1.82, 2.24) is 4.98 Å². The first-order valence-corrected chi connectivity index (χ1v) is 5.15. The smallest absolute Gasteiger partial charge is 0.359 e. The highest BCUT2D eigenvalue weighted by atomic mass is 19.1. The van der Waals surface area contributed by atoms with Crippen molar-refractivity contribution in [2.75, 3.05) is 12.3 Å². The maximum absolute atomic E-state index is 13.4. The van der Waals surface area contributed by atoms with Gasteiger partial charge in [0.15, 0.2) is 5.69 Å². The molecule has 0 spiro atoms. The second-order valence-corrected chi connectivity index (χ2v) is 3.45. The molecule has 0 bridgehead atoms. The van der Waals surface area contributed by atoms with Crippen LogP contribution in [0.3, 0.4) is 0 Å². The van der Waals surface area contributed by atoms with Crippen LogP contribution in [0.5, 0.6) is 0 Å². The minimum atomic E-state index is -0.601. The summed E-state index contributed by atoms with van der Waals surface area (Å²) in [4.78, 5) is 15.6. The molecule has 2 aromatic rings. The molecule has 4 nitrogen and oxygen atoms in total. The van der Waals surface area contributed by atoms with E-state index in [2.05, 4.69) is 4.98 Å². The Morgan fingerprint density at radius 3 is 3.00 bits per heavy atom. The highest BCUT2D eigenvalue weighted by Crippen LogP contribution is 2.21. The van der Waals surface area contributed by atoms with Crippen molar-refractivity contribution in [1.29, 1.82) is 0 Å². The minimum absolute atomic E-state index is 0.0185. The van der Waals surface area contributed by atoms with Gasteiger partial charge in [-0.1, -0.05) is 6.07 Å². The van der Waals surface area contributed by atoms with Gasteiger partial charge in [0, 0.05) is 5.39 Å². The predicted octanol–water partition coefficient (Wildman–Crippen LogP) is 2.13. The first kappa shape index (κ1) is 11.3.